The van der Waals surface area contributed by atoms with Gasteiger partial charge in [-0.2, -0.15) is 0 Å². The number of nitrogens with zero attached hydrogens (tertiary/aromatic N) is 2. The van der Waals surface area contributed by atoms with Gasteiger partial charge in [0.1, 0.15) is 12.4 Å². The predicted octanol–water partition coefficient (Wildman–Crippen LogP) is 3.52. The third kappa shape index (κ3) is 2.71. The maximum atomic E-state index is 5.76. The van der Waals surface area contributed by atoms with E-state index < -0.39 is 0 Å². The van der Waals surface area contributed by atoms with Crippen LogP contribution in [0.2, 0.25) is 0 Å². The van der Waals surface area contributed by atoms with Gasteiger partial charge in [-0.3, -0.25) is 4.98 Å². The van der Waals surface area contributed by atoms with Gasteiger partial charge < -0.3 is 4.74 Å². The number of benzene rings is 2. The largest absolute Gasteiger partial charge is 0.489 e. The second-order valence-electron chi connectivity index (χ2n) is 4.44. The van der Waals surface area contributed by atoms with Crippen molar-refractivity contribution in [2.24, 2.45) is 0 Å². The Labute approximate surface area is 111 Å². The van der Waals surface area contributed by atoms with Gasteiger partial charge in [-0.05, 0) is 24.6 Å². The molecule has 0 saturated carbocycles. The predicted molar refractivity (Wildman–Crippen MR) is 75.0 cm³/mol. The zero-order valence-electron chi connectivity index (χ0n) is 10.7. The Morgan fingerprint density at radius 3 is 2.68 bits per heavy atom. The van der Waals surface area contributed by atoms with Crippen molar-refractivity contribution in [2.45, 2.75) is 13.5 Å². The Balaban J connectivity index is 1.80. The van der Waals surface area contributed by atoms with Crippen molar-refractivity contribution in [3.05, 3.63) is 66.0 Å². The van der Waals surface area contributed by atoms with E-state index in [-0.39, 0.29) is 0 Å². The molecule has 1 heterocycles. The van der Waals surface area contributed by atoms with Crippen LogP contribution < -0.4 is 4.74 Å². The Kier molecular flexibility index (Phi) is 3.11. The molecule has 0 amide bonds. The van der Waals surface area contributed by atoms with Gasteiger partial charge >= 0.3 is 0 Å². The van der Waals surface area contributed by atoms with Crippen LogP contribution in [0.4, 0.5) is 0 Å². The van der Waals surface area contributed by atoms with E-state index in [2.05, 4.69) is 9.97 Å². The molecule has 3 rings (SSSR count). The Morgan fingerprint density at radius 2 is 1.84 bits per heavy atom. The van der Waals surface area contributed by atoms with Gasteiger partial charge in [0.05, 0.1) is 16.7 Å². The molecule has 0 saturated heterocycles. The lowest BCUT2D eigenvalue weighted by Crippen LogP contribution is -1.95. The summed E-state index contributed by atoms with van der Waals surface area (Å²) in [6, 6.07) is 15.9. The van der Waals surface area contributed by atoms with Gasteiger partial charge in [-0.15, -0.1) is 0 Å². The van der Waals surface area contributed by atoms with Crippen LogP contribution in [0.5, 0.6) is 5.75 Å². The second-order valence-corrected chi connectivity index (χ2v) is 4.44. The molecule has 3 heteroatoms. The molecule has 0 atom stereocenters. The smallest absolute Gasteiger partial charge is 0.122 e. The van der Waals surface area contributed by atoms with Crippen LogP contribution >= 0.6 is 0 Å². The molecule has 0 radical (unpaired) electrons. The molecule has 0 bridgehead atoms. The standard InChI is InChI=1S/C16H14N2O/c1-12-10-17-16-9-14(7-8-15(16)18-12)19-11-13-5-3-2-4-6-13/h2-10H,11H2,1H3. The van der Waals surface area contributed by atoms with Crippen molar-refractivity contribution < 1.29 is 4.74 Å². The van der Waals surface area contributed by atoms with Crippen LogP contribution in [0.1, 0.15) is 11.3 Å². The topological polar surface area (TPSA) is 35.0 Å². The molecule has 1 aromatic heterocycles. The number of hydrogen-bond acceptors (Lipinski definition) is 3. The minimum Gasteiger partial charge on any atom is -0.489 e. The Hall–Kier alpha value is -2.42. The van der Waals surface area contributed by atoms with E-state index >= 15 is 0 Å². The van der Waals surface area contributed by atoms with E-state index in [1.165, 1.54) is 0 Å². The molecule has 0 fully saturated rings. The molecule has 3 nitrogen and oxygen atoms in total. The lowest BCUT2D eigenvalue weighted by Gasteiger charge is -2.07. The first kappa shape index (κ1) is 11.7. The quantitative estimate of drug-likeness (QED) is 0.713. The van der Waals surface area contributed by atoms with E-state index in [1.54, 1.807) is 6.20 Å². The van der Waals surface area contributed by atoms with Crippen molar-refractivity contribution in [1.29, 1.82) is 0 Å². The minimum atomic E-state index is 0.561. The lowest BCUT2D eigenvalue weighted by atomic mass is 10.2. The molecule has 94 valence electrons. The van der Waals surface area contributed by atoms with Crippen molar-refractivity contribution in [1.82, 2.24) is 9.97 Å². The fraction of sp³-hybridized carbons (Fsp3) is 0.125. The molecule has 2 aromatic carbocycles. The van der Waals surface area contributed by atoms with E-state index in [4.69, 9.17) is 4.74 Å². The Bertz CT molecular complexity index is 695. The van der Waals surface area contributed by atoms with Gasteiger partial charge in [-0.1, -0.05) is 30.3 Å². The highest BCUT2D eigenvalue weighted by atomic mass is 16.5. The first-order chi connectivity index (χ1) is 9.31. The molecular formula is C16H14N2O. The summed E-state index contributed by atoms with van der Waals surface area (Å²) in [5.41, 5.74) is 3.83. The molecule has 0 aliphatic carbocycles. The third-order valence-electron chi connectivity index (χ3n) is 2.88. The third-order valence-corrected chi connectivity index (χ3v) is 2.88. The number of rotatable bonds is 3. The van der Waals surface area contributed by atoms with Gasteiger partial charge in [0.15, 0.2) is 0 Å². The van der Waals surface area contributed by atoms with Crippen LogP contribution in [-0.4, -0.2) is 9.97 Å². The van der Waals surface area contributed by atoms with E-state index in [0.717, 1.165) is 28.0 Å². The van der Waals surface area contributed by atoms with Crippen molar-refractivity contribution in [2.75, 3.05) is 0 Å². The van der Waals surface area contributed by atoms with Crippen LogP contribution in [0, 0.1) is 6.92 Å². The maximum Gasteiger partial charge on any atom is 0.122 e. The summed E-state index contributed by atoms with van der Waals surface area (Å²) >= 11 is 0. The highest BCUT2D eigenvalue weighted by Crippen LogP contribution is 2.19. The van der Waals surface area contributed by atoms with Crippen LogP contribution in [-0.2, 0) is 6.61 Å². The summed E-state index contributed by atoms with van der Waals surface area (Å²) in [5.74, 6) is 0.814. The van der Waals surface area contributed by atoms with Crippen LogP contribution in [0.25, 0.3) is 11.0 Å². The average molecular weight is 250 g/mol. The number of ether oxygens (including phenoxy) is 1. The average Bonchev–Trinajstić information content (AvgIpc) is 2.46. The van der Waals surface area contributed by atoms with Crippen molar-refractivity contribution in [3.63, 3.8) is 0 Å². The summed E-state index contributed by atoms with van der Waals surface area (Å²) in [6.07, 6.45) is 1.77. The molecule has 19 heavy (non-hydrogen) atoms. The van der Waals surface area contributed by atoms with Crippen LogP contribution in [0.15, 0.2) is 54.7 Å². The Morgan fingerprint density at radius 1 is 1.00 bits per heavy atom. The lowest BCUT2D eigenvalue weighted by molar-refractivity contribution is 0.306. The number of aromatic nitrogens is 2. The normalized spacial score (nSPS) is 10.6. The first-order valence-electron chi connectivity index (χ1n) is 6.21. The molecular weight excluding hydrogens is 236 g/mol. The van der Waals surface area contributed by atoms with Crippen LogP contribution in [0.3, 0.4) is 0 Å². The van der Waals surface area contributed by atoms with Gasteiger partial charge in [-0.25, -0.2) is 4.98 Å². The highest BCUT2D eigenvalue weighted by molar-refractivity contribution is 5.75. The van der Waals surface area contributed by atoms with Gasteiger partial charge in [0, 0.05) is 12.3 Å². The summed E-state index contributed by atoms with van der Waals surface area (Å²) in [6.45, 7) is 2.50. The number of fused-ring (bicyclic) bond motifs is 1. The summed E-state index contributed by atoms with van der Waals surface area (Å²) in [4.78, 5) is 8.77. The SMILES string of the molecule is Cc1cnc2cc(OCc3ccccc3)ccc2n1. The van der Waals surface area contributed by atoms with Crippen molar-refractivity contribution in [3.8, 4) is 5.75 Å². The molecule has 0 aliphatic heterocycles. The van der Waals surface area contributed by atoms with Gasteiger partial charge in [0.2, 0.25) is 0 Å². The molecule has 0 spiro atoms. The second kappa shape index (κ2) is 5.06. The summed E-state index contributed by atoms with van der Waals surface area (Å²) < 4.78 is 5.76. The van der Waals surface area contributed by atoms with E-state index in [9.17, 15) is 0 Å². The first-order valence-corrected chi connectivity index (χ1v) is 6.21. The maximum absolute atomic E-state index is 5.76. The molecule has 0 N–H and O–H groups in total. The fourth-order valence-electron chi connectivity index (χ4n) is 1.91. The monoisotopic (exact) mass is 250 g/mol. The van der Waals surface area contributed by atoms with E-state index in [0.29, 0.717) is 6.61 Å². The summed E-state index contributed by atoms with van der Waals surface area (Å²) in [7, 11) is 0. The highest BCUT2D eigenvalue weighted by Gasteiger charge is 2.00. The molecule has 0 aliphatic rings. The zero-order valence-corrected chi connectivity index (χ0v) is 10.7. The number of aryl methyl sites for hydroxylation is 1. The van der Waals surface area contributed by atoms with Crippen molar-refractivity contribution >= 4 is 11.0 Å². The number of hydrogen-bond donors (Lipinski definition) is 0. The summed E-state index contributed by atoms with van der Waals surface area (Å²) in [5, 5.41) is 0. The van der Waals surface area contributed by atoms with Gasteiger partial charge in [0.25, 0.3) is 0 Å². The molecule has 3 aromatic rings. The minimum absolute atomic E-state index is 0.561. The molecule has 0 unspecified atom stereocenters. The fourth-order valence-corrected chi connectivity index (χ4v) is 1.91. The zero-order chi connectivity index (χ0) is 13.1. The van der Waals surface area contributed by atoms with E-state index in [1.807, 2.05) is 55.5 Å².